The zero-order chi connectivity index (χ0) is 25.7. The number of rotatable bonds is 4. The zero-order valence-electron chi connectivity index (χ0n) is 18.2. The Hall–Kier alpha value is -3.97. The van der Waals surface area contributed by atoms with Crippen molar-refractivity contribution < 1.29 is 28.7 Å². The molecule has 184 valence electrons. The summed E-state index contributed by atoms with van der Waals surface area (Å²) in [5.74, 6) is -4.40. The first kappa shape index (κ1) is 23.8. The molecule has 1 aromatic heterocycles. The lowest BCUT2D eigenvalue weighted by Crippen LogP contribution is -2.41. The smallest absolute Gasteiger partial charge is 0.328 e. The fourth-order valence-electron chi connectivity index (χ4n) is 4.39. The lowest BCUT2D eigenvalue weighted by molar-refractivity contribution is -0.135. The van der Waals surface area contributed by atoms with Gasteiger partial charge < -0.3 is 16.2 Å². The van der Waals surface area contributed by atoms with E-state index in [0.29, 0.717) is 26.1 Å². The fourth-order valence-corrected chi connectivity index (χ4v) is 7.16. The normalized spacial score (nSPS) is 20.7. The van der Waals surface area contributed by atoms with Crippen LogP contribution < -0.4 is 15.9 Å². The van der Waals surface area contributed by atoms with Crippen molar-refractivity contribution in [3.8, 4) is 5.75 Å². The van der Waals surface area contributed by atoms with Crippen LogP contribution >= 0.6 is 23.1 Å². The molecule has 2 aromatic carbocycles. The number of amides is 5. The minimum Gasteiger partial charge on any atom is -0.508 e. The number of hydrogen-bond acceptors (Lipinski definition) is 8. The van der Waals surface area contributed by atoms with E-state index in [1.807, 2.05) is 0 Å². The van der Waals surface area contributed by atoms with Crippen molar-refractivity contribution in [3.63, 3.8) is 0 Å². The lowest BCUT2D eigenvalue weighted by Gasteiger charge is -2.30. The number of phenolic OH excluding ortho intramolecular Hbond substituents is 1. The van der Waals surface area contributed by atoms with Gasteiger partial charge in [-0.3, -0.25) is 23.7 Å². The number of urea groups is 1. The fraction of sp³-hybridized carbons (Fsp3) is 0.174. The van der Waals surface area contributed by atoms with Crippen molar-refractivity contribution in [1.82, 2.24) is 9.47 Å². The number of primary amides is 1. The highest BCUT2D eigenvalue weighted by Gasteiger charge is 2.57. The highest BCUT2D eigenvalue weighted by Crippen LogP contribution is 2.53. The van der Waals surface area contributed by atoms with Gasteiger partial charge in [-0.15, -0.1) is 0 Å². The number of phenols is 1. The van der Waals surface area contributed by atoms with E-state index in [-0.39, 0.29) is 5.75 Å². The average molecular weight is 529 g/mol. The third-order valence-electron chi connectivity index (χ3n) is 5.95. The third-order valence-corrected chi connectivity index (χ3v) is 8.56. The summed E-state index contributed by atoms with van der Waals surface area (Å²) in [6.45, 7) is -0.392. The number of aromatic nitrogens is 1. The van der Waals surface area contributed by atoms with Crippen LogP contribution in [0.15, 0.2) is 58.4 Å². The number of thioether (sulfide) groups is 1. The molecule has 0 unspecified atom stereocenters. The Balaban J connectivity index is 1.55. The first-order chi connectivity index (χ1) is 17.2. The first-order valence-electron chi connectivity index (χ1n) is 10.6. The van der Waals surface area contributed by atoms with Gasteiger partial charge in [0.1, 0.15) is 23.4 Å². The van der Waals surface area contributed by atoms with Gasteiger partial charge in [-0.25, -0.2) is 9.18 Å². The van der Waals surface area contributed by atoms with Crippen LogP contribution in [0.1, 0.15) is 16.4 Å². The number of nitrogens with two attached hydrogens (primary N) is 1. The van der Waals surface area contributed by atoms with Crippen LogP contribution in [0.25, 0.3) is 0 Å². The molecular formula is C23H17FN4O6S2. The van der Waals surface area contributed by atoms with Crippen molar-refractivity contribution in [3.05, 3.63) is 74.5 Å². The second kappa shape index (κ2) is 8.91. The monoisotopic (exact) mass is 528 g/mol. The second-order valence-corrected chi connectivity index (χ2v) is 10.3. The van der Waals surface area contributed by atoms with Gasteiger partial charge in [0.25, 0.3) is 5.91 Å². The first-order valence-corrected chi connectivity index (χ1v) is 12.3. The summed E-state index contributed by atoms with van der Waals surface area (Å²) < 4.78 is 14.4. The molecule has 0 spiro atoms. The van der Waals surface area contributed by atoms with Crippen molar-refractivity contribution in [2.45, 2.75) is 22.7 Å². The summed E-state index contributed by atoms with van der Waals surface area (Å²) >= 11 is 1.77. The highest BCUT2D eigenvalue weighted by atomic mass is 32.2. The van der Waals surface area contributed by atoms with E-state index in [1.165, 1.54) is 41.0 Å². The van der Waals surface area contributed by atoms with Gasteiger partial charge in [-0.05, 0) is 42.0 Å². The van der Waals surface area contributed by atoms with Crippen LogP contribution in [-0.4, -0.2) is 43.6 Å². The van der Waals surface area contributed by atoms with Crippen LogP contribution in [0.5, 0.6) is 5.75 Å². The van der Waals surface area contributed by atoms with Crippen LogP contribution in [0, 0.1) is 11.7 Å². The zero-order valence-corrected chi connectivity index (χ0v) is 19.8. The van der Waals surface area contributed by atoms with E-state index >= 15 is 0 Å². The number of likely N-dealkylation sites (tertiary alicyclic amines) is 1. The van der Waals surface area contributed by atoms with Crippen molar-refractivity contribution >= 4 is 52.5 Å². The highest BCUT2D eigenvalue weighted by molar-refractivity contribution is 8.00. The number of thiazole rings is 1. The Kier molecular flexibility index (Phi) is 5.88. The summed E-state index contributed by atoms with van der Waals surface area (Å²) in [5.41, 5.74) is 6.17. The van der Waals surface area contributed by atoms with Crippen LogP contribution in [0.2, 0.25) is 0 Å². The second-order valence-electron chi connectivity index (χ2n) is 8.16. The molecule has 0 saturated carbocycles. The summed E-state index contributed by atoms with van der Waals surface area (Å²) in [4.78, 5) is 64.0. The SMILES string of the molecule is NC(=O)N1C(=O)[C@@H]2[C@H](c3ccc(O)cc3)c3sc(=O)n(CC(=O)Nc4ccc(F)cc4)c3S[C@@H]2C1=O. The summed E-state index contributed by atoms with van der Waals surface area (Å²) in [6, 6.07) is 9.88. The minimum absolute atomic E-state index is 0.0171. The molecule has 3 heterocycles. The van der Waals surface area contributed by atoms with Crippen molar-refractivity contribution in [2.24, 2.45) is 11.7 Å². The quantitative estimate of drug-likeness (QED) is 0.439. The minimum atomic E-state index is -1.19. The number of carbonyl (C=O) groups is 4. The molecule has 0 radical (unpaired) electrons. The molecule has 5 rings (SSSR count). The van der Waals surface area contributed by atoms with Gasteiger partial charge in [0.2, 0.25) is 11.8 Å². The number of benzene rings is 2. The number of aromatic hydroxyl groups is 1. The van der Waals surface area contributed by atoms with E-state index in [4.69, 9.17) is 5.73 Å². The number of anilines is 1. The molecule has 0 aliphatic carbocycles. The molecule has 13 heteroatoms. The maximum atomic E-state index is 13.2. The van der Waals surface area contributed by atoms with Crippen molar-refractivity contribution in [1.29, 1.82) is 0 Å². The largest absolute Gasteiger partial charge is 0.508 e. The molecule has 36 heavy (non-hydrogen) atoms. The third kappa shape index (κ3) is 3.95. The molecule has 2 aliphatic rings. The Labute approximate surface area is 210 Å². The van der Waals surface area contributed by atoms with Gasteiger partial charge in [0, 0.05) is 16.5 Å². The van der Waals surface area contributed by atoms with E-state index < -0.39 is 58.1 Å². The molecule has 4 N–H and O–H groups in total. The standard InChI is InChI=1S/C23H17FN4O6S2/c24-11-3-5-12(6-4-11)26-14(30)9-27-21-18(36-23(27)34)15(10-1-7-13(29)8-2-10)16-17(35-21)20(32)28(19(16)31)22(25)33/h1-8,15-17,29H,9H2,(H2,25,33)(H,26,30)/t15-,16+,17-/m0/s1. The van der Waals surface area contributed by atoms with E-state index in [9.17, 15) is 33.5 Å². The molecule has 3 atom stereocenters. The molecule has 2 aliphatic heterocycles. The lowest BCUT2D eigenvalue weighted by atomic mass is 9.83. The maximum Gasteiger partial charge on any atom is 0.328 e. The van der Waals surface area contributed by atoms with Crippen LogP contribution in [-0.2, 0) is 20.9 Å². The molecule has 1 saturated heterocycles. The summed E-state index contributed by atoms with van der Waals surface area (Å²) in [6.07, 6.45) is 0. The van der Waals surface area contributed by atoms with E-state index in [1.54, 1.807) is 12.1 Å². The number of halogens is 1. The van der Waals surface area contributed by atoms with Crippen LogP contribution in [0.4, 0.5) is 14.9 Å². The average Bonchev–Trinajstić information content (AvgIpc) is 3.27. The number of hydrogen-bond donors (Lipinski definition) is 3. The van der Waals surface area contributed by atoms with Crippen molar-refractivity contribution in [2.75, 3.05) is 5.32 Å². The molecular weight excluding hydrogens is 511 g/mol. The van der Waals surface area contributed by atoms with E-state index in [2.05, 4.69) is 5.32 Å². The Morgan fingerprint density at radius 3 is 2.33 bits per heavy atom. The number of fused-ring (bicyclic) bond motifs is 2. The number of carbonyl (C=O) groups excluding carboxylic acids is 4. The Bertz CT molecular complexity index is 1470. The summed E-state index contributed by atoms with van der Waals surface area (Å²) in [5, 5.41) is 11.6. The molecule has 0 bridgehead atoms. The van der Waals surface area contributed by atoms with E-state index in [0.717, 1.165) is 23.1 Å². The topological polar surface area (TPSA) is 152 Å². The number of imide groups is 3. The molecule has 10 nitrogen and oxygen atoms in total. The van der Waals surface area contributed by atoms with Gasteiger partial charge in [-0.1, -0.05) is 35.2 Å². The number of nitrogens with one attached hydrogen (secondary N) is 1. The Morgan fingerprint density at radius 2 is 1.69 bits per heavy atom. The number of nitrogens with zero attached hydrogens (tertiary/aromatic N) is 2. The molecule has 1 fully saturated rings. The molecule has 3 aromatic rings. The predicted octanol–water partition coefficient (Wildman–Crippen LogP) is 2.06. The van der Waals surface area contributed by atoms with Gasteiger partial charge >= 0.3 is 10.9 Å². The van der Waals surface area contributed by atoms with Crippen LogP contribution in [0.3, 0.4) is 0 Å². The summed E-state index contributed by atoms with van der Waals surface area (Å²) in [7, 11) is 0. The Morgan fingerprint density at radius 1 is 1.03 bits per heavy atom. The van der Waals surface area contributed by atoms with Gasteiger partial charge in [-0.2, -0.15) is 4.90 Å². The molecule has 5 amide bonds. The van der Waals surface area contributed by atoms with Gasteiger partial charge in [0.05, 0.1) is 10.9 Å². The predicted molar refractivity (Wildman–Crippen MR) is 128 cm³/mol. The van der Waals surface area contributed by atoms with Gasteiger partial charge in [0.15, 0.2) is 0 Å². The maximum absolute atomic E-state index is 13.2.